The molecule has 0 radical (unpaired) electrons. The highest BCUT2D eigenvalue weighted by Crippen LogP contribution is 2.27. The lowest BCUT2D eigenvalue weighted by Crippen LogP contribution is -2.41. The molecule has 2 fully saturated rings. The van der Waals surface area contributed by atoms with Crippen molar-refractivity contribution >= 4 is 28.7 Å². The first-order valence-electron chi connectivity index (χ1n) is 12.3. The van der Waals surface area contributed by atoms with Crippen LogP contribution < -0.4 is 5.69 Å². The Morgan fingerprint density at radius 1 is 1.11 bits per heavy atom. The second-order valence-corrected chi connectivity index (χ2v) is 10.5. The zero-order chi connectivity index (χ0) is 25.3. The van der Waals surface area contributed by atoms with Crippen LogP contribution in [0.2, 0.25) is 0 Å². The van der Waals surface area contributed by atoms with E-state index in [9.17, 15) is 19.2 Å². The van der Waals surface area contributed by atoms with Gasteiger partial charge >= 0.3 is 11.8 Å². The molecule has 1 saturated heterocycles. The Morgan fingerprint density at radius 2 is 1.83 bits per heavy atom. The topological polar surface area (TPSA) is 90.6 Å². The first-order chi connectivity index (χ1) is 16.5. The van der Waals surface area contributed by atoms with Gasteiger partial charge in [0.25, 0.3) is 0 Å². The molecule has 2 aliphatic rings. The van der Waals surface area contributed by atoms with Crippen LogP contribution in [0.25, 0.3) is 11.0 Å². The lowest BCUT2D eigenvalue weighted by molar-refractivity contribution is -0.132. The summed E-state index contributed by atoms with van der Waals surface area (Å²) in [5, 5.41) is 0. The van der Waals surface area contributed by atoms with E-state index in [2.05, 4.69) is 11.8 Å². The fourth-order valence-corrected chi connectivity index (χ4v) is 4.91. The van der Waals surface area contributed by atoms with Crippen LogP contribution in [0.3, 0.4) is 0 Å². The number of hydrogen-bond donors (Lipinski definition) is 0. The van der Waals surface area contributed by atoms with Crippen LogP contribution in [0.5, 0.6) is 0 Å². The van der Waals surface area contributed by atoms with E-state index in [0.717, 1.165) is 18.4 Å². The quantitative estimate of drug-likeness (QED) is 0.485. The van der Waals surface area contributed by atoms with Crippen molar-refractivity contribution < 1.29 is 19.1 Å². The Bertz CT molecular complexity index is 1280. The number of piperidine rings is 1. The van der Waals surface area contributed by atoms with Crippen LogP contribution in [-0.2, 0) is 21.4 Å². The van der Waals surface area contributed by atoms with Crippen molar-refractivity contribution in [1.29, 1.82) is 0 Å². The van der Waals surface area contributed by atoms with Crippen molar-refractivity contribution in [3.05, 3.63) is 34.2 Å². The Labute approximate surface area is 205 Å². The first-order valence-corrected chi connectivity index (χ1v) is 12.3. The summed E-state index contributed by atoms with van der Waals surface area (Å²) in [5.41, 5.74) is 1.35. The monoisotopic (exact) mass is 479 g/mol. The van der Waals surface area contributed by atoms with Crippen LogP contribution in [0.4, 0.5) is 4.79 Å². The molecule has 1 unspecified atom stereocenters. The molecule has 1 aliphatic heterocycles. The number of para-hydroxylation sites is 1. The summed E-state index contributed by atoms with van der Waals surface area (Å²) in [6.45, 7) is 6.92. The molecule has 4 rings (SSSR count). The third kappa shape index (κ3) is 5.34. The Morgan fingerprint density at radius 3 is 2.49 bits per heavy atom. The standard InChI is InChI=1S/C27H33N3O5/c1-27(2,3)35-26(34)29-15-13-18(14-16-29)7-5-8-19-9-6-10-22-24(19)28(4)25(33)30(22)21-12-11-20(31)17-23(21)32/h6,9-10,18,21H,7,11-17H2,1-4H3. The molecular formula is C27H33N3O5. The molecule has 1 aliphatic carbocycles. The van der Waals surface area contributed by atoms with Gasteiger partial charge in [-0.25, -0.2) is 9.59 Å². The number of hydrogen-bond acceptors (Lipinski definition) is 5. The van der Waals surface area contributed by atoms with Gasteiger partial charge in [0.05, 0.1) is 29.1 Å². The summed E-state index contributed by atoms with van der Waals surface area (Å²) in [6.07, 6.45) is 2.74. The number of aromatic nitrogens is 2. The Balaban J connectivity index is 1.48. The number of ether oxygens (including phenoxy) is 1. The van der Waals surface area contributed by atoms with Crippen LogP contribution in [-0.4, -0.2) is 50.4 Å². The summed E-state index contributed by atoms with van der Waals surface area (Å²) < 4.78 is 8.54. The number of aryl methyl sites for hydroxylation is 1. The number of fused-ring (bicyclic) bond motifs is 1. The van der Waals surface area contributed by atoms with E-state index in [0.29, 0.717) is 49.3 Å². The normalized spacial score (nSPS) is 19.5. The largest absolute Gasteiger partial charge is 0.444 e. The summed E-state index contributed by atoms with van der Waals surface area (Å²) in [7, 11) is 1.69. The van der Waals surface area contributed by atoms with Gasteiger partial charge in [-0.3, -0.25) is 18.7 Å². The number of ketones is 2. The maximum atomic E-state index is 13.1. The number of benzene rings is 1. The lowest BCUT2D eigenvalue weighted by atomic mass is 9.92. The summed E-state index contributed by atoms with van der Waals surface area (Å²) >= 11 is 0. The number of Topliss-reactive ketones (excluding diaryl/α,β-unsaturated/α-hetero) is 2. The van der Waals surface area contributed by atoms with Gasteiger partial charge in [-0.2, -0.15) is 0 Å². The minimum Gasteiger partial charge on any atom is -0.444 e. The van der Waals surface area contributed by atoms with E-state index in [1.54, 1.807) is 16.5 Å². The zero-order valence-corrected chi connectivity index (χ0v) is 20.9. The number of likely N-dealkylation sites (tertiary alicyclic amines) is 1. The maximum Gasteiger partial charge on any atom is 0.410 e. The van der Waals surface area contributed by atoms with E-state index in [1.807, 2.05) is 39.0 Å². The predicted octanol–water partition coefficient (Wildman–Crippen LogP) is 3.59. The number of amides is 1. The molecule has 2 heterocycles. The minimum atomic E-state index is -0.609. The molecule has 186 valence electrons. The SMILES string of the molecule is Cn1c(=O)n(C2CCC(=O)CC2=O)c2cccc(C#CCC3CCN(C(=O)OC(C)(C)C)CC3)c21. The van der Waals surface area contributed by atoms with Gasteiger partial charge in [-0.15, -0.1) is 0 Å². The molecular weight excluding hydrogens is 446 g/mol. The van der Waals surface area contributed by atoms with Crippen molar-refractivity contribution in [3.8, 4) is 11.8 Å². The average molecular weight is 480 g/mol. The van der Waals surface area contributed by atoms with Crippen molar-refractivity contribution in [3.63, 3.8) is 0 Å². The van der Waals surface area contributed by atoms with Gasteiger partial charge in [-0.05, 0) is 58.1 Å². The summed E-state index contributed by atoms with van der Waals surface area (Å²) in [6, 6.07) is 4.95. The van der Waals surface area contributed by atoms with Gasteiger partial charge in [0.1, 0.15) is 11.4 Å². The van der Waals surface area contributed by atoms with Crippen LogP contribution >= 0.6 is 0 Å². The molecule has 1 amide bonds. The summed E-state index contributed by atoms with van der Waals surface area (Å²) in [4.78, 5) is 51.3. The van der Waals surface area contributed by atoms with Gasteiger partial charge < -0.3 is 9.64 Å². The smallest absolute Gasteiger partial charge is 0.410 e. The number of carbonyl (C=O) groups is 3. The molecule has 0 bridgehead atoms. The van der Waals surface area contributed by atoms with Gasteiger partial charge in [0.15, 0.2) is 5.78 Å². The number of imidazole rings is 1. The Hall–Kier alpha value is -3.34. The molecule has 0 N–H and O–H groups in total. The van der Waals surface area contributed by atoms with Gasteiger partial charge in [0.2, 0.25) is 0 Å². The lowest BCUT2D eigenvalue weighted by Gasteiger charge is -2.32. The Kier molecular flexibility index (Phi) is 6.88. The fraction of sp³-hybridized carbons (Fsp3) is 0.556. The number of rotatable bonds is 2. The van der Waals surface area contributed by atoms with Gasteiger partial charge in [-0.1, -0.05) is 17.9 Å². The van der Waals surface area contributed by atoms with E-state index in [-0.39, 0.29) is 29.8 Å². The van der Waals surface area contributed by atoms with Gasteiger partial charge in [0, 0.05) is 33.0 Å². The highest BCUT2D eigenvalue weighted by molar-refractivity contribution is 6.03. The molecule has 8 nitrogen and oxygen atoms in total. The van der Waals surface area contributed by atoms with E-state index >= 15 is 0 Å². The molecule has 1 saturated carbocycles. The fourth-order valence-electron chi connectivity index (χ4n) is 4.91. The molecule has 1 aromatic heterocycles. The molecule has 35 heavy (non-hydrogen) atoms. The van der Waals surface area contributed by atoms with E-state index in [1.165, 1.54) is 4.57 Å². The van der Waals surface area contributed by atoms with E-state index < -0.39 is 11.6 Å². The van der Waals surface area contributed by atoms with Crippen molar-refractivity contribution in [1.82, 2.24) is 14.0 Å². The maximum absolute atomic E-state index is 13.1. The summed E-state index contributed by atoms with van der Waals surface area (Å²) in [5.74, 6) is 6.63. The van der Waals surface area contributed by atoms with E-state index in [4.69, 9.17) is 4.74 Å². The zero-order valence-electron chi connectivity index (χ0n) is 20.9. The first kappa shape index (κ1) is 24.8. The van der Waals surface area contributed by atoms with Crippen LogP contribution in [0.1, 0.15) is 70.9 Å². The van der Waals surface area contributed by atoms with Crippen molar-refractivity contribution in [2.45, 2.75) is 70.9 Å². The third-order valence-electron chi connectivity index (χ3n) is 6.73. The number of nitrogens with zero attached hydrogens (tertiary/aromatic N) is 3. The van der Waals surface area contributed by atoms with Crippen LogP contribution in [0.15, 0.2) is 23.0 Å². The molecule has 1 atom stereocenters. The molecule has 2 aromatic rings. The van der Waals surface area contributed by atoms with Crippen molar-refractivity contribution in [2.75, 3.05) is 13.1 Å². The molecule has 8 heteroatoms. The second kappa shape index (κ2) is 9.73. The average Bonchev–Trinajstić information content (AvgIpc) is 3.04. The molecule has 1 aromatic carbocycles. The van der Waals surface area contributed by atoms with Crippen LogP contribution in [0, 0.1) is 17.8 Å². The second-order valence-electron chi connectivity index (χ2n) is 10.5. The van der Waals surface area contributed by atoms with Crippen molar-refractivity contribution in [2.24, 2.45) is 13.0 Å². The minimum absolute atomic E-state index is 0.0666. The molecule has 0 spiro atoms. The number of carbonyl (C=O) groups excluding carboxylic acids is 3. The predicted molar refractivity (Wildman–Crippen MR) is 132 cm³/mol. The highest BCUT2D eigenvalue weighted by atomic mass is 16.6. The third-order valence-corrected chi connectivity index (χ3v) is 6.73. The highest BCUT2D eigenvalue weighted by Gasteiger charge is 2.31.